The highest BCUT2D eigenvalue weighted by atomic mass is 16.5. The second kappa shape index (κ2) is 4.22. The Balaban J connectivity index is 1.57. The minimum absolute atomic E-state index is 0.148. The fourth-order valence-electron chi connectivity index (χ4n) is 3.82. The van der Waals surface area contributed by atoms with Crippen LogP contribution in [-0.4, -0.2) is 35.6 Å². The summed E-state index contributed by atoms with van der Waals surface area (Å²) in [5.74, 6) is 0.438. The molecule has 3 fully saturated rings. The van der Waals surface area contributed by atoms with Crippen LogP contribution in [0.1, 0.15) is 51.9 Å². The lowest BCUT2D eigenvalue weighted by Crippen LogP contribution is -2.58. The van der Waals surface area contributed by atoms with Crippen molar-refractivity contribution in [2.75, 3.05) is 13.2 Å². The smallest absolute Gasteiger partial charge is 0.0727 e. The molecular weight excluding hydrogens is 216 g/mol. The highest BCUT2D eigenvalue weighted by Gasteiger charge is 2.53. The van der Waals surface area contributed by atoms with Crippen LogP contribution in [0.25, 0.3) is 0 Å². The predicted octanol–water partition coefficient (Wildman–Crippen LogP) is 2.27. The SMILES string of the molecule is CCOC1CC(O)(C2CCOC3(CCC3)C2)C1. The Labute approximate surface area is 103 Å². The van der Waals surface area contributed by atoms with Crippen LogP contribution in [0.2, 0.25) is 0 Å². The van der Waals surface area contributed by atoms with E-state index in [1.807, 2.05) is 6.92 Å². The molecule has 3 heteroatoms. The van der Waals surface area contributed by atoms with E-state index in [-0.39, 0.29) is 5.60 Å². The summed E-state index contributed by atoms with van der Waals surface area (Å²) < 4.78 is 11.5. The van der Waals surface area contributed by atoms with Crippen molar-refractivity contribution in [3.63, 3.8) is 0 Å². The van der Waals surface area contributed by atoms with Crippen LogP contribution in [0.15, 0.2) is 0 Å². The lowest BCUT2D eigenvalue weighted by Gasteiger charge is -2.55. The van der Waals surface area contributed by atoms with Gasteiger partial charge in [-0.05, 0) is 44.9 Å². The van der Waals surface area contributed by atoms with E-state index in [0.29, 0.717) is 12.0 Å². The summed E-state index contributed by atoms with van der Waals surface area (Å²) in [5, 5.41) is 10.6. The van der Waals surface area contributed by atoms with Crippen molar-refractivity contribution in [1.82, 2.24) is 0 Å². The largest absolute Gasteiger partial charge is 0.389 e. The monoisotopic (exact) mass is 240 g/mol. The summed E-state index contributed by atoms with van der Waals surface area (Å²) in [6.07, 6.45) is 7.77. The van der Waals surface area contributed by atoms with Gasteiger partial charge in [-0.1, -0.05) is 0 Å². The van der Waals surface area contributed by atoms with E-state index in [2.05, 4.69) is 0 Å². The average molecular weight is 240 g/mol. The summed E-state index contributed by atoms with van der Waals surface area (Å²) in [4.78, 5) is 0. The van der Waals surface area contributed by atoms with Gasteiger partial charge in [-0.25, -0.2) is 0 Å². The second-order valence-corrected chi connectivity index (χ2v) is 6.16. The van der Waals surface area contributed by atoms with Crippen molar-refractivity contribution in [1.29, 1.82) is 0 Å². The fraction of sp³-hybridized carbons (Fsp3) is 1.00. The molecule has 1 saturated heterocycles. The molecule has 2 saturated carbocycles. The summed E-state index contributed by atoms with van der Waals surface area (Å²) in [5.41, 5.74) is -0.304. The van der Waals surface area contributed by atoms with Gasteiger partial charge >= 0.3 is 0 Å². The topological polar surface area (TPSA) is 38.7 Å². The van der Waals surface area contributed by atoms with Crippen LogP contribution < -0.4 is 0 Å². The van der Waals surface area contributed by atoms with Crippen molar-refractivity contribution in [2.45, 2.75) is 69.2 Å². The molecule has 0 aromatic carbocycles. The molecule has 1 unspecified atom stereocenters. The van der Waals surface area contributed by atoms with E-state index in [1.165, 1.54) is 19.3 Å². The van der Waals surface area contributed by atoms with Gasteiger partial charge in [0.1, 0.15) is 0 Å². The Bertz CT molecular complexity index is 279. The molecule has 0 amide bonds. The van der Waals surface area contributed by atoms with Crippen molar-refractivity contribution in [2.24, 2.45) is 5.92 Å². The minimum atomic E-state index is -0.452. The first-order valence-electron chi connectivity index (χ1n) is 7.14. The molecule has 0 radical (unpaired) electrons. The number of hydrogen-bond acceptors (Lipinski definition) is 3. The Morgan fingerprint density at radius 3 is 2.65 bits per heavy atom. The lowest BCUT2D eigenvalue weighted by atomic mass is 9.61. The van der Waals surface area contributed by atoms with Crippen LogP contribution in [-0.2, 0) is 9.47 Å². The van der Waals surface area contributed by atoms with Crippen molar-refractivity contribution >= 4 is 0 Å². The van der Waals surface area contributed by atoms with Crippen molar-refractivity contribution < 1.29 is 14.6 Å². The third kappa shape index (κ3) is 2.02. The summed E-state index contributed by atoms with van der Waals surface area (Å²) >= 11 is 0. The van der Waals surface area contributed by atoms with Crippen LogP contribution in [0.3, 0.4) is 0 Å². The Morgan fingerprint density at radius 2 is 2.06 bits per heavy atom. The molecule has 1 heterocycles. The van der Waals surface area contributed by atoms with E-state index in [1.54, 1.807) is 0 Å². The van der Waals surface area contributed by atoms with Gasteiger partial charge in [0.25, 0.3) is 0 Å². The Morgan fingerprint density at radius 1 is 1.29 bits per heavy atom. The van der Waals surface area contributed by atoms with E-state index < -0.39 is 5.60 Å². The van der Waals surface area contributed by atoms with Gasteiger partial charge in [-0.2, -0.15) is 0 Å². The highest BCUT2D eigenvalue weighted by Crippen LogP contribution is 2.51. The molecule has 1 N–H and O–H groups in total. The highest BCUT2D eigenvalue weighted by molar-refractivity contribution is 5.05. The van der Waals surface area contributed by atoms with Gasteiger partial charge in [0.05, 0.1) is 17.3 Å². The standard InChI is InChI=1S/C14H24O3/c1-2-16-12-9-14(15,10-12)11-4-7-17-13(8-11)5-3-6-13/h11-12,15H,2-10H2,1H3. The van der Waals surface area contributed by atoms with Gasteiger partial charge in [0.2, 0.25) is 0 Å². The predicted molar refractivity (Wildman–Crippen MR) is 64.9 cm³/mol. The summed E-state index contributed by atoms with van der Waals surface area (Å²) in [7, 11) is 0. The minimum Gasteiger partial charge on any atom is -0.389 e. The van der Waals surface area contributed by atoms with Crippen molar-refractivity contribution in [3.05, 3.63) is 0 Å². The molecule has 3 rings (SSSR count). The Hall–Kier alpha value is -0.120. The number of rotatable bonds is 3. The number of ether oxygens (including phenoxy) is 2. The maximum Gasteiger partial charge on any atom is 0.0727 e. The molecule has 2 aliphatic carbocycles. The van der Waals surface area contributed by atoms with E-state index in [4.69, 9.17) is 9.47 Å². The maximum atomic E-state index is 10.6. The first-order chi connectivity index (χ1) is 8.16. The molecule has 0 aromatic heterocycles. The van der Waals surface area contributed by atoms with E-state index in [0.717, 1.165) is 38.9 Å². The molecule has 1 spiro atoms. The molecule has 98 valence electrons. The van der Waals surface area contributed by atoms with Gasteiger partial charge in [-0.3, -0.25) is 0 Å². The van der Waals surface area contributed by atoms with Gasteiger partial charge in [0.15, 0.2) is 0 Å². The normalized spacial score (nSPS) is 44.1. The summed E-state index contributed by atoms with van der Waals surface area (Å²) in [6, 6.07) is 0. The zero-order valence-electron chi connectivity index (χ0n) is 10.8. The van der Waals surface area contributed by atoms with Crippen molar-refractivity contribution in [3.8, 4) is 0 Å². The maximum absolute atomic E-state index is 10.6. The van der Waals surface area contributed by atoms with Gasteiger partial charge < -0.3 is 14.6 Å². The fourth-order valence-corrected chi connectivity index (χ4v) is 3.82. The number of aliphatic hydroxyl groups is 1. The van der Waals surface area contributed by atoms with Crippen LogP contribution >= 0.6 is 0 Å². The first kappa shape index (κ1) is 11.9. The summed E-state index contributed by atoms with van der Waals surface area (Å²) in [6.45, 7) is 3.62. The number of hydrogen-bond donors (Lipinski definition) is 1. The second-order valence-electron chi connectivity index (χ2n) is 6.16. The Kier molecular flexibility index (Phi) is 2.96. The molecule has 0 aromatic rings. The first-order valence-corrected chi connectivity index (χ1v) is 7.14. The zero-order valence-corrected chi connectivity index (χ0v) is 10.8. The third-order valence-corrected chi connectivity index (χ3v) is 5.08. The molecular formula is C14H24O3. The van der Waals surface area contributed by atoms with E-state index >= 15 is 0 Å². The molecule has 3 nitrogen and oxygen atoms in total. The molecule has 17 heavy (non-hydrogen) atoms. The van der Waals surface area contributed by atoms with Crippen LogP contribution in [0, 0.1) is 5.92 Å². The molecule has 0 bridgehead atoms. The molecule has 3 aliphatic rings. The van der Waals surface area contributed by atoms with Gasteiger partial charge in [0, 0.05) is 26.1 Å². The van der Waals surface area contributed by atoms with E-state index in [9.17, 15) is 5.11 Å². The average Bonchev–Trinajstić information content (AvgIpc) is 2.25. The lowest BCUT2D eigenvalue weighted by molar-refractivity contribution is -0.217. The third-order valence-electron chi connectivity index (χ3n) is 5.08. The molecule has 1 aliphatic heterocycles. The van der Waals surface area contributed by atoms with Crippen LogP contribution in [0.4, 0.5) is 0 Å². The molecule has 1 atom stereocenters. The van der Waals surface area contributed by atoms with Crippen LogP contribution in [0.5, 0.6) is 0 Å². The van der Waals surface area contributed by atoms with Gasteiger partial charge in [-0.15, -0.1) is 0 Å². The zero-order chi connectivity index (χ0) is 11.9. The quantitative estimate of drug-likeness (QED) is 0.822.